The number of hydrogen-bond acceptors (Lipinski definition) is 10. The highest BCUT2D eigenvalue weighted by molar-refractivity contribution is 5.99. The van der Waals surface area contributed by atoms with E-state index in [0.29, 0.717) is 80.7 Å². The SMILES string of the molecule is CC(=O)Nc1ccc(OCCOCCOCCOCCNc2cccc3cnn(C4CCC(=O)NC4=O)c(=O)c23)cc1. The maximum atomic E-state index is 13.2. The molecule has 1 aliphatic rings. The van der Waals surface area contributed by atoms with Crippen molar-refractivity contribution in [2.24, 2.45) is 0 Å². The molecule has 0 aliphatic carbocycles. The van der Waals surface area contributed by atoms with E-state index in [1.165, 1.54) is 6.92 Å². The second-order valence-corrected chi connectivity index (χ2v) is 9.45. The normalized spacial score (nSPS) is 14.9. The highest BCUT2D eigenvalue weighted by Gasteiger charge is 2.30. The van der Waals surface area contributed by atoms with Crippen molar-refractivity contribution in [2.75, 3.05) is 63.4 Å². The second kappa shape index (κ2) is 15.6. The van der Waals surface area contributed by atoms with Crippen LogP contribution in [0.25, 0.3) is 10.8 Å². The Labute approximate surface area is 242 Å². The van der Waals surface area contributed by atoms with Gasteiger partial charge in [0.05, 0.1) is 51.2 Å². The van der Waals surface area contributed by atoms with E-state index in [2.05, 4.69) is 21.0 Å². The first-order chi connectivity index (χ1) is 20.4. The Hall–Kier alpha value is -4.33. The van der Waals surface area contributed by atoms with E-state index < -0.39 is 17.5 Å². The fraction of sp³-hybridized carbons (Fsp3) is 0.414. The summed E-state index contributed by atoms with van der Waals surface area (Å²) in [5.41, 5.74) is 0.930. The maximum Gasteiger partial charge on any atom is 0.277 e. The van der Waals surface area contributed by atoms with Gasteiger partial charge in [0.2, 0.25) is 11.8 Å². The third-order valence-corrected chi connectivity index (χ3v) is 6.32. The van der Waals surface area contributed by atoms with Crippen LogP contribution in [0.4, 0.5) is 11.4 Å². The number of carbonyl (C=O) groups excluding carboxylic acids is 3. The summed E-state index contributed by atoms with van der Waals surface area (Å²) >= 11 is 0. The quantitative estimate of drug-likeness (QED) is 0.168. The fourth-order valence-electron chi connectivity index (χ4n) is 4.35. The van der Waals surface area contributed by atoms with Crippen molar-refractivity contribution in [1.82, 2.24) is 15.1 Å². The van der Waals surface area contributed by atoms with Gasteiger partial charge in [-0.1, -0.05) is 12.1 Å². The summed E-state index contributed by atoms with van der Waals surface area (Å²) in [5, 5.41) is 13.4. The van der Waals surface area contributed by atoms with Gasteiger partial charge in [0.15, 0.2) is 0 Å². The molecule has 0 radical (unpaired) electrons. The summed E-state index contributed by atoms with van der Waals surface area (Å²) in [6, 6.07) is 11.7. The highest BCUT2D eigenvalue weighted by Crippen LogP contribution is 2.22. The molecule has 0 bridgehead atoms. The lowest BCUT2D eigenvalue weighted by Gasteiger charge is -2.22. The molecule has 42 heavy (non-hydrogen) atoms. The van der Waals surface area contributed by atoms with E-state index in [1.807, 2.05) is 6.07 Å². The number of hydrogen-bond donors (Lipinski definition) is 3. The molecule has 1 aromatic heterocycles. The predicted octanol–water partition coefficient (Wildman–Crippen LogP) is 1.87. The molecule has 1 unspecified atom stereocenters. The molecule has 0 spiro atoms. The number of fused-ring (bicyclic) bond motifs is 1. The van der Waals surface area contributed by atoms with Crippen LogP contribution < -0.4 is 26.2 Å². The van der Waals surface area contributed by atoms with Gasteiger partial charge >= 0.3 is 0 Å². The summed E-state index contributed by atoms with van der Waals surface area (Å²) in [7, 11) is 0. The van der Waals surface area contributed by atoms with Gasteiger partial charge in [-0.25, -0.2) is 4.68 Å². The number of imide groups is 1. The third-order valence-electron chi connectivity index (χ3n) is 6.32. The van der Waals surface area contributed by atoms with Crippen LogP contribution in [-0.4, -0.2) is 80.3 Å². The van der Waals surface area contributed by atoms with Gasteiger partial charge in [-0.3, -0.25) is 24.5 Å². The Morgan fingerprint density at radius 2 is 1.64 bits per heavy atom. The van der Waals surface area contributed by atoms with E-state index in [1.54, 1.807) is 42.6 Å². The number of carbonyl (C=O) groups is 3. The second-order valence-electron chi connectivity index (χ2n) is 9.45. The van der Waals surface area contributed by atoms with Gasteiger partial charge in [-0.05, 0) is 36.8 Å². The summed E-state index contributed by atoms with van der Waals surface area (Å²) in [5.74, 6) is -0.304. The topological polar surface area (TPSA) is 159 Å². The molecule has 3 aromatic rings. The van der Waals surface area contributed by atoms with Crippen molar-refractivity contribution in [3.05, 3.63) is 59.0 Å². The number of benzene rings is 2. The third kappa shape index (κ3) is 8.83. The largest absolute Gasteiger partial charge is 0.491 e. The van der Waals surface area contributed by atoms with Gasteiger partial charge in [0, 0.05) is 36.7 Å². The Morgan fingerprint density at radius 1 is 0.952 bits per heavy atom. The van der Waals surface area contributed by atoms with Crippen LogP contribution in [0.1, 0.15) is 25.8 Å². The Morgan fingerprint density at radius 3 is 2.33 bits per heavy atom. The van der Waals surface area contributed by atoms with Crippen LogP contribution in [0.5, 0.6) is 5.75 Å². The average molecular weight is 582 g/mol. The van der Waals surface area contributed by atoms with E-state index in [0.717, 1.165) is 4.68 Å². The molecule has 3 amide bonds. The van der Waals surface area contributed by atoms with E-state index in [4.69, 9.17) is 18.9 Å². The van der Waals surface area contributed by atoms with Crippen molar-refractivity contribution in [2.45, 2.75) is 25.8 Å². The number of aromatic nitrogens is 2. The average Bonchev–Trinajstić information content (AvgIpc) is 2.97. The van der Waals surface area contributed by atoms with Gasteiger partial charge in [0.1, 0.15) is 18.4 Å². The summed E-state index contributed by atoms with van der Waals surface area (Å²) in [4.78, 5) is 48.0. The van der Waals surface area contributed by atoms with Gasteiger partial charge in [0.25, 0.3) is 11.5 Å². The molecule has 1 aliphatic heterocycles. The molecular weight excluding hydrogens is 546 g/mol. The minimum atomic E-state index is -0.823. The minimum Gasteiger partial charge on any atom is -0.491 e. The Balaban J connectivity index is 1.08. The number of rotatable bonds is 16. The molecule has 3 N–H and O–H groups in total. The summed E-state index contributed by atoms with van der Waals surface area (Å²) in [6.45, 7) is 4.80. The number of anilines is 2. The van der Waals surface area contributed by atoms with Crippen LogP contribution in [0.15, 0.2) is 53.5 Å². The molecule has 2 heterocycles. The van der Waals surface area contributed by atoms with Crippen molar-refractivity contribution < 1.29 is 33.3 Å². The maximum absolute atomic E-state index is 13.2. The number of piperidine rings is 1. The zero-order valence-corrected chi connectivity index (χ0v) is 23.4. The van der Waals surface area contributed by atoms with Crippen LogP contribution in [0.2, 0.25) is 0 Å². The first-order valence-corrected chi connectivity index (χ1v) is 13.7. The van der Waals surface area contributed by atoms with Crippen LogP contribution >= 0.6 is 0 Å². The molecule has 1 atom stereocenters. The molecule has 1 saturated heterocycles. The van der Waals surface area contributed by atoms with Crippen molar-refractivity contribution >= 4 is 39.9 Å². The minimum absolute atomic E-state index is 0.123. The first-order valence-electron chi connectivity index (χ1n) is 13.7. The van der Waals surface area contributed by atoms with Crippen LogP contribution in [-0.2, 0) is 28.6 Å². The van der Waals surface area contributed by atoms with Crippen molar-refractivity contribution in [1.29, 1.82) is 0 Å². The smallest absolute Gasteiger partial charge is 0.277 e. The van der Waals surface area contributed by atoms with Gasteiger partial charge in [-0.15, -0.1) is 0 Å². The summed E-state index contributed by atoms with van der Waals surface area (Å²) < 4.78 is 23.4. The molecular formula is C29H35N5O8. The van der Waals surface area contributed by atoms with E-state index in [-0.39, 0.29) is 24.7 Å². The monoisotopic (exact) mass is 581 g/mol. The number of nitrogens with zero attached hydrogens (tertiary/aromatic N) is 2. The lowest BCUT2D eigenvalue weighted by atomic mass is 10.1. The van der Waals surface area contributed by atoms with Crippen LogP contribution in [0.3, 0.4) is 0 Å². The fourth-order valence-corrected chi connectivity index (χ4v) is 4.35. The lowest BCUT2D eigenvalue weighted by molar-refractivity contribution is -0.136. The molecule has 4 rings (SSSR count). The Bertz CT molecular complexity index is 1430. The molecule has 224 valence electrons. The van der Waals surface area contributed by atoms with Gasteiger partial charge < -0.3 is 29.6 Å². The summed E-state index contributed by atoms with van der Waals surface area (Å²) in [6.07, 6.45) is 1.93. The lowest BCUT2D eigenvalue weighted by Crippen LogP contribution is -2.45. The van der Waals surface area contributed by atoms with E-state index in [9.17, 15) is 19.2 Å². The van der Waals surface area contributed by atoms with Crippen molar-refractivity contribution in [3.8, 4) is 5.75 Å². The standard InChI is InChI=1S/C29H35N5O8/c1-20(35)32-22-5-7-23(8-6-22)42-18-17-41-16-15-40-14-13-39-12-11-30-24-4-2-3-21-19-31-34(29(38)27(21)24)25-9-10-26(36)33-28(25)37/h2-8,19,25,30H,9-18H2,1H3,(H,32,35)(H,33,36,37). The van der Waals surface area contributed by atoms with E-state index >= 15 is 0 Å². The van der Waals surface area contributed by atoms with Crippen molar-refractivity contribution in [3.63, 3.8) is 0 Å². The predicted molar refractivity (Wildman–Crippen MR) is 155 cm³/mol. The molecule has 1 fully saturated rings. The van der Waals surface area contributed by atoms with Gasteiger partial charge in [-0.2, -0.15) is 5.10 Å². The highest BCUT2D eigenvalue weighted by atomic mass is 16.6. The number of nitrogens with one attached hydrogen (secondary N) is 3. The molecule has 13 nitrogen and oxygen atoms in total. The molecule has 0 saturated carbocycles. The number of amides is 3. The molecule has 13 heteroatoms. The Kier molecular flexibility index (Phi) is 11.4. The zero-order valence-electron chi connectivity index (χ0n) is 23.4. The van der Waals surface area contributed by atoms with Crippen LogP contribution in [0, 0.1) is 0 Å². The first kappa shape index (κ1) is 30.6. The number of ether oxygens (including phenoxy) is 4. The molecule has 2 aromatic carbocycles. The zero-order chi connectivity index (χ0) is 29.7.